The van der Waals surface area contributed by atoms with Crippen LogP contribution in [0.25, 0.3) is 0 Å². The van der Waals surface area contributed by atoms with E-state index in [0.29, 0.717) is 17.4 Å². The minimum Gasteiger partial charge on any atom is -0.376 e. The highest BCUT2D eigenvalue weighted by molar-refractivity contribution is 7.13. The van der Waals surface area contributed by atoms with Gasteiger partial charge in [0.25, 0.3) is 5.91 Å². The summed E-state index contributed by atoms with van der Waals surface area (Å²) in [5, 5.41) is 4.88. The second kappa shape index (κ2) is 5.27. The molecule has 6 heteroatoms. The van der Waals surface area contributed by atoms with Gasteiger partial charge in [-0.2, -0.15) is 0 Å². The first kappa shape index (κ1) is 11.3. The van der Waals surface area contributed by atoms with Crippen LogP contribution in [0.2, 0.25) is 0 Å². The van der Waals surface area contributed by atoms with E-state index in [9.17, 15) is 4.79 Å². The fourth-order valence-corrected chi connectivity index (χ4v) is 2.20. The number of nitrogen functional groups attached to an aromatic ring is 1. The fourth-order valence-electron chi connectivity index (χ4n) is 1.66. The molecule has 5 nitrogen and oxygen atoms in total. The summed E-state index contributed by atoms with van der Waals surface area (Å²) in [7, 11) is 0. The van der Waals surface area contributed by atoms with Crippen molar-refractivity contribution in [3.63, 3.8) is 0 Å². The maximum absolute atomic E-state index is 11.6. The summed E-state index contributed by atoms with van der Waals surface area (Å²) in [5.74, 6) is -0.179. The molecule has 0 aromatic carbocycles. The average molecular weight is 241 g/mol. The Labute approximate surface area is 98.0 Å². The smallest absolute Gasteiger partial charge is 0.270 e. The molecule has 1 aliphatic rings. The van der Waals surface area contributed by atoms with Gasteiger partial charge in [-0.15, -0.1) is 11.3 Å². The van der Waals surface area contributed by atoms with Crippen LogP contribution in [0, 0.1) is 0 Å². The largest absolute Gasteiger partial charge is 0.376 e. The van der Waals surface area contributed by atoms with Gasteiger partial charge >= 0.3 is 0 Å². The van der Waals surface area contributed by atoms with Crippen molar-refractivity contribution in [2.75, 3.05) is 18.9 Å². The molecule has 0 aliphatic carbocycles. The van der Waals surface area contributed by atoms with Gasteiger partial charge in [0, 0.05) is 18.5 Å². The van der Waals surface area contributed by atoms with Crippen LogP contribution in [0.15, 0.2) is 5.38 Å². The van der Waals surface area contributed by atoms with Gasteiger partial charge in [0.15, 0.2) is 5.13 Å². The van der Waals surface area contributed by atoms with Crippen LogP contribution in [0.3, 0.4) is 0 Å². The summed E-state index contributed by atoms with van der Waals surface area (Å²) >= 11 is 1.27. The Morgan fingerprint density at radius 1 is 1.69 bits per heavy atom. The summed E-state index contributed by atoms with van der Waals surface area (Å²) in [6, 6.07) is 0. The normalized spacial score (nSPS) is 20.6. The molecule has 1 amide bonds. The zero-order chi connectivity index (χ0) is 11.4. The molecule has 0 spiro atoms. The van der Waals surface area contributed by atoms with E-state index in [-0.39, 0.29) is 12.0 Å². The first-order valence-electron chi connectivity index (χ1n) is 5.36. The highest BCUT2D eigenvalue weighted by Crippen LogP contribution is 2.13. The topological polar surface area (TPSA) is 77.2 Å². The number of nitrogens with one attached hydrogen (secondary N) is 1. The van der Waals surface area contributed by atoms with Crippen molar-refractivity contribution in [3.8, 4) is 0 Å². The first-order chi connectivity index (χ1) is 7.75. The molecular weight excluding hydrogens is 226 g/mol. The number of nitrogens with zero attached hydrogens (tertiary/aromatic N) is 1. The Morgan fingerprint density at radius 2 is 2.56 bits per heavy atom. The molecule has 0 radical (unpaired) electrons. The number of thiazole rings is 1. The van der Waals surface area contributed by atoms with E-state index in [0.717, 1.165) is 19.4 Å². The van der Waals surface area contributed by atoms with Crippen molar-refractivity contribution in [1.29, 1.82) is 0 Å². The maximum Gasteiger partial charge on any atom is 0.270 e. The third-order valence-corrected chi connectivity index (χ3v) is 3.19. The number of aromatic nitrogens is 1. The Hall–Kier alpha value is -1.14. The van der Waals surface area contributed by atoms with Crippen molar-refractivity contribution < 1.29 is 9.53 Å². The minimum absolute atomic E-state index is 0.147. The summed E-state index contributed by atoms with van der Waals surface area (Å²) in [6.45, 7) is 1.35. The fraction of sp³-hybridized carbons (Fsp3) is 0.600. The van der Waals surface area contributed by atoms with Crippen LogP contribution >= 0.6 is 11.3 Å². The number of hydrogen-bond donors (Lipinski definition) is 2. The third kappa shape index (κ3) is 2.93. The molecule has 1 aromatic rings. The van der Waals surface area contributed by atoms with Crippen LogP contribution < -0.4 is 11.1 Å². The van der Waals surface area contributed by atoms with E-state index in [1.807, 2.05) is 0 Å². The lowest BCUT2D eigenvalue weighted by molar-refractivity contribution is 0.0168. The lowest BCUT2D eigenvalue weighted by Gasteiger charge is -2.22. The van der Waals surface area contributed by atoms with Gasteiger partial charge in [0.2, 0.25) is 0 Å². The van der Waals surface area contributed by atoms with Crippen molar-refractivity contribution in [1.82, 2.24) is 10.3 Å². The molecule has 2 heterocycles. The van der Waals surface area contributed by atoms with Crippen molar-refractivity contribution in [2.24, 2.45) is 0 Å². The molecule has 1 atom stereocenters. The molecule has 1 aromatic heterocycles. The molecule has 88 valence electrons. The predicted octanol–water partition coefficient (Wildman–Crippen LogP) is 1.02. The summed E-state index contributed by atoms with van der Waals surface area (Å²) in [4.78, 5) is 15.5. The van der Waals surface area contributed by atoms with Crippen molar-refractivity contribution in [2.45, 2.75) is 25.4 Å². The molecule has 2 rings (SSSR count). The van der Waals surface area contributed by atoms with Gasteiger partial charge in [-0.05, 0) is 19.3 Å². The standard InChI is InChI=1S/C10H15N3O2S/c11-10-13-8(6-16-10)9(14)12-5-7-3-1-2-4-15-7/h6-7H,1-5H2,(H2,11,13)(H,12,14). The van der Waals surface area contributed by atoms with Crippen molar-refractivity contribution >= 4 is 22.4 Å². The Bertz CT molecular complexity index is 361. The zero-order valence-electron chi connectivity index (χ0n) is 8.94. The van der Waals surface area contributed by atoms with Crippen molar-refractivity contribution in [3.05, 3.63) is 11.1 Å². The molecule has 16 heavy (non-hydrogen) atoms. The van der Waals surface area contributed by atoms with Crippen LogP contribution in [-0.4, -0.2) is 30.1 Å². The number of anilines is 1. The lowest BCUT2D eigenvalue weighted by atomic mass is 10.1. The Morgan fingerprint density at radius 3 is 3.19 bits per heavy atom. The number of nitrogens with two attached hydrogens (primary N) is 1. The summed E-state index contributed by atoms with van der Waals surface area (Å²) < 4.78 is 5.51. The van der Waals surface area contributed by atoms with E-state index in [2.05, 4.69) is 10.3 Å². The van der Waals surface area contributed by atoms with Crippen LogP contribution in [0.4, 0.5) is 5.13 Å². The first-order valence-corrected chi connectivity index (χ1v) is 6.24. The number of carbonyl (C=O) groups is 1. The molecule has 1 unspecified atom stereocenters. The average Bonchev–Trinajstić information content (AvgIpc) is 2.74. The van der Waals surface area contributed by atoms with E-state index >= 15 is 0 Å². The van der Waals surface area contributed by atoms with Gasteiger partial charge in [-0.25, -0.2) is 4.98 Å². The zero-order valence-corrected chi connectivity index (χ0v) is 9.76. The van der Waals surface area contributed by atoms with Gasteiger partial charge in [-0.1, -0.05) is 0 Å². The molecule has 0 saturated carbocycles. The second-order valence-corrected chi connectivity index (χ2v) is 4.66. The van der Waals surface area contributed by atoms with Gasteiger partial charge in [0.05, 0.1) is 6.10 Å². The summed E-state index contributed by atoms with van der Waals surface area (Å²) in [5.41, 5.74) is 5.85. The highest BCUT2D eigenvalue weighted by Gasteiger charge is 2.16. The molecule has 1 saturated heterocycles. The molecule has 0 bridgehead atoms. The van der Waals surface area contributed by atoms with Gasteiger partial charge in [0.1, 0.15) is 5.69 Å². The maximum atomic E-state index is 11.6. The van der Waals surface area contributed by atoms with E-state index < -0.39 is 0 Å². The minimum atomic E-state index is -0.179. The number of rotatable bonds is 3. The molecule has 1 fully saturated rings. The lowest BCUT2D eigenvalue weighted by Crippen LogP contribution is -2.35. The van der Waals surface area contributed by atoms with Crippen LogP contribution in [-0.2, 0) is 4.74 Å². The SMILES string of the molecule is Nc1nc(C(=O)NCC2CCCCO2)cs1. The Kier molecular flexibility index (Phi) is 3.74. The quantitative estimate of drug-likeness (QED) is 0.828. The van der Waals surface area contributed by atoms with Crippen LogP contribution in [0.1, 0.15) is 29.8 Å². The highest BCUT2D eigenvalue weighted by atomic mass is 32.1. The third-order valence-electron chi connectivity index (χ3n) is 2.52. The van der Waals surface area contributed by atoms with Gasteiger partial charge in [-0.3, -0.25) is 4.79 Å². The molecule has 1 aliphatic heterocycles. The summed E-state index contributed by atoms with van der Waals surface area (Å²) in [6.07, 6.45) is 3.45. The predicted molar refractivity (Wildman–Crippen MR) is 62.5 cm³/mol. The number of amides is 1. The van der Waals surface area contributed by atoms with E-state index in [4.69, 9.17) is 10.5 Å². The number of hydrogen-bond acceptors (Lipinski definition) is 5. The number of ether oxygens (including phenoxy) is 1. The second-order valence-electron chi connectivity index (χ2n) is 3.77. The van der Waals surface area contributed by atoms with Crippen LogP contribution in [0.5, 0.6) is 0 Å². The monoisotopic (exact) mass is 241 g/mol. The van der Waals surface area contributed by atoms with E-state index in [1.165, 1.54) is 17.8 Å². The molecule has 3 N–H and O–H groups in total. The van der Waals surface area contributed by atoms with E-state index in [1.54, 1.807) is 5.38 Å². The molecular formula is C10H15N3O2S. The Balaban J connectivity index is 1.79. The van der Waals surface area contributed by atoms with Gasteiger partial charge < -0.3 is 15.8 Å². The number of carbonyl (C=O) groups excluding carboxylic acids is 1.